The second kappa shape index (κ2) is 11.1. The van der Waals surface area contributed by atoms with E-state index in [4.69, 9.17) is 4.74 Å². The molecule has 172 valence electrons. The zero-order valence-corrected chi connectivity index (χ0v) is 20.4. The maximum atomic E-state index is 13.8. The largest absolute Gasteiger partial charge is 0.497 e. The van der Waals surface area contributed by atoms with Gasteiger partial charge >= 0.3 is 0 Å². The van der Waals surface area contributed by atoms with Gasteiger partial charge in [-0.1, -0.05) is 58.0 Å². The molecule has 1 aromatic heterocycles. The number of thioether (sulfide) groups is 1. The van der Waals surface area contributed by atoms with Crippen molar-refractivity contribution in [2.75, 3.05) is 12.9 Å². The summed E-state index contributed by atoms with van der Waals surface area (Å²) in [5, 5.41) is 13.1. The number of methoxy groups -OCH3 is 1. The SMILES string of the molecule is COc1ccc(-n2c(SCC(=O)NN=Cc3cc(Br)ccc3F)nnc2-c2ccccc2)cc1. The highest BCUT2D eigenvalue weighted by Gasteiger charge is 2.17. The van der Waals surface area contributed by atoms with Crippen LogP contribution in [0.2, 0.25) is 0 Å². The van der Waals surface area contributed by atoms with Crippen LogP contribution in [0.25, 0.3) is 17.1 Å². The molecule has 0 saturated heterocycles. The minimum Gasteiger partial charge on any atom is -0.497 e. The molecule has 1 heterocycles. The third-order valence-electron chi connectivity index (χ3n) is 4.68. The van der Waals surface area contributed by atoms with E-state index in [1.807, 2.05) is 59.2 Å². The Morgan fingerprint density at radius 2 is 1.91 bits per heavy atom. The third kappa shape index (κ3) is 5.70. The fourth-order valence-corrected chi connectivity index (χ4v) is 4.17. The van der Waals surface area contributed by atoms with Crippen LogP contribution in [0.15, 0.2) is 87.5 Å². The summed E-state index contributed by atoms with van der Waals surface area (Å²) in [6.07, 6.45) is 1.26. The lowest BCUT2D eigenvalue weighted by atomic mass is 10.2. The Bertz CT molecular complexity index is 1310. The lowest BCUT2D eigenvalue weighted by Gasteiger charge is -2.11. The monoisotopic (exact) mass is 539 g/mol. The van der Waals surface area contributed by atoms with Gasteiger partial charge in [-0.05, 0) is 42.5 Å². The molecule has 1 amide bonds. The van der Waals surface area contributed by atoms with Crippen LogP contribution in [-0.2, 0) is 4.79 Å². The van der Waals surface area contributed by atoms with E-state index in [1.165, 1.54) is 24.0 Å². The summed E-state index contributed by atoms with van der Waals surface area (Å²) < 4.78 is 21.7. The molecule has 0 saturated carbocycles. The van der Waals surface area contributed by atoms with E-state index in [-0.39, 0.29) is 17.2 Å². The van der Waals surface area contributed by atoms with Crippen LogP contribution in [-0.4, -0.2) is 39.7 Å². The van der Waals surface area contributed by atoms with Crippen molar-refractivity contribution in [1.82, 2.24) is 20.2 Å². The topological polar surface area (TPSA) is 81.4 Å². The Labute approximate surface area is 208 Å². The zero-order valence-electron chi connectivity index (χ0n) is 18.0. The van der Waals surface area contributed by atoms with Gasteiger partial charge in [0.1, 0.15) is 11.6 Å². The first-order valence-electron chi connectivity index (χ1n) is 10.1. The number of amides is 1. The molecule has 0 aliphatic carbocycles. The number of benzene rings is 3. The molecule has 0 unspecified atom stereocenters. The highest BCUT2D eigenvalue weighted by molar-refractivity contribution is 9.10. The molecule has 0 fully saturated rings. The number of carbonyl (C=O) groups excluding carboxylic acids is 1. The summed E-state index contributed by atoms with van der Waals surface area (Å²) in [6.45, 7) is 0. The van der Waals surface area contributed by atoms with E-state index >= 15 is 0 Å². The van der Waals surface area contributed by atoms with Crippen LogP contribution >= 0.6 is 27.7 Å². The number of hydrogen-bond acceptors (Lipinski definition) is 6. The molecule has 7 nitrogen and oxygen atoms in total. The van der Waals surface area contributed by atoms with E-state index in [1.54, 1.807) is 19.2 Å². The van der Waals surface area contributed by atoms with Crippen molar-refractivity contribution in [2.24, 2.45) is 5.10 Å². The molecule has 0 aliphatic rings. The average Bonchev–Trinajstić information content (AvgIpc) is 3.29. The van der Waals surface area contributed by atoms with E-state index < -0.39 is 5.82 Å². The molecule has 1 N–H and O–H groups in total. The number of aromatic nitrogens is 3. The predicted molar refractivity (Wildman–Crippen MR) is 134 cm³/mol. The van der Waals surface area contributed by atoms with Crippen molar-refractivity contribution in [3.05, 3.63) is 88.6 Å². The Kier molecular flexibility index (Phi) is 7.71. The quantitative estimate of drug-likeness (QED) is 0.191. The summed E-state index contributed by atoms with van der Waals surface area (Å²) in [7, 11) is 1.61. The van der Waals surface area contributed by atoms with Crippen molar-refractivity contribution in [1.29, 1.82) is 0 Å². The van der Waals surface area contributed by atoms with E-state index in [2.05, 4.69) is 36.7 Å². The van der Waals surface area contributed by atoms with Gasteiger partial charge in [0.2, 0.25) is 0 Å². The molecular weight excluding hydrogens is 521 g/mol. The van der Waals surface area contributed by atoms with Gasteiger partial charge in [0.05, 0.1) is 19.1 Å². The Morgan fingerprint density at radius 3 is 2.65 bits per heavy atom. The van der Waals surface area contributed by atoms with Gasteiger partial charge in [0.25, 0.3) is 5.91 Å². The zero-order chi connectivity index (χ0) is 23.9. The van der Waals surface area contributed by atoms with Crippen LogP contribution in [0.4, 0.5) is 4.39 Å². The van der Waals surface area contributed by atoms with Gasteiger partial charge < -0.3 is 4.74 Å². The van der Waals surface area contributed by atoms with E-state index in [9.17, 15) is 9.18 Å². The highest BCUT2D eigenvalue weighted by Crippen LogP contribution is 2.28. The van der Waals surface area contributed by atoms with E-state index in [0.29, 0.717) is 15.5 Å². The molecule has 0 aliphatic heterocycles. The van der Waals surface area contributed by atoms with Crippen molar-refractivity contribution >= 4 is 39.8 Å². The first kappa shape index (κ1) is 23.7. The van der Waals surface area contributed by atoms with Crippen LogP contribution in [0.1, 0.15) is 5.56 Å². The summed E-state index contributed by atoms with van der Waals surface area (Å²) in [6, 6.07) is 21.6. The lowest BCUT2D eigenvalue weighted by molar-refractivity contribution is -0.118. The van der Waals surface area contributed by atoms with Gasteiger partial charge in [0, 0.05) is 21.3 Å². The smallest absolute Gasteiger partial charge is 0.250 e. The molecule has 0 bridgehead atoms. The molecule has 3 aromatic carbocycles. The van der Waals surface area contributed by atoms with Crippen LogP contribution < -0.4 is 10.2 Å². The van der Waals surface area contributed by atoms with Crippen LogP contribution in [0, 0.1) is 5.82 Å². The number of ether oxygens (including phenoxy) is 1. The van der Waals surface area contributed by atoms with Crippen molar-refractivity contribution in [2.45, 2.75) is 5.16 Å². The maximum absolute atomic E-state index is 13.8. The highest BCUT2D eigenvalue weighted by atomic mass is 79.9. The second-order valence-corrected chi connectivity index (χ2v) is 8.81. The molecule has 34 heavy (non-hydrogen) atoms. The number of nitrogens with one attached hydrogen (secondary N) is 1. The van der Waals surface area contributed by atoms with Gasteiger partial charge in [-0.3, -0.25) is 9.36 Å². The molecule has 4 aromatic rings. The molecule has 0 atom stereocenters. The van der Waals surface area contributed by atoms with Gasteiger partial charge in [-0.25, -0.2) is 9.82 Å². The van der Waals surface area contributed by atoms with Crippen molar-refractivity contribution < 1.29 is 13.9 Å². The average molecular weight is 540 g/mol. The maximum Gasteiger partial charge on any atom is 0.250 e. The molecule has 0 radical (unpaired) electrons. The summed E-state index contributed by atoms with van der Waals surface area (Å²) in [5.41, 5.74) is 4.39. The van der Waals surface area contributed by atoms with Crippen LogP contribution in [0.5, 0.6) is 5.75 Å². The van der Waals surface area contributed by atoms with E-state index in [0.717, 1.165) is 17.0 Å². The fraction of sp³-hybridized carbons (Fsp3) is 0.0833. The number of hydrogen-bond donors (Lipinski definition) is 1. The van der Waals surface area contributed by atoms with Crippen molar-refractivity contribution in [3.8, 4) is 22.8 Å². The minimum absolute atomic E-state index is 0.0430. The normalized spacial score (nSPS) is 11.0. The number of hydrazone groups is 1. The van der Waals surface area contributed by atoms with Gasteiger partial charge in [0.15, 0.2) is 11.0 Å². The molecular formula is C24H19BrFN5O2S. The molecule has 0 spiro atoms. The first-order chi connectivity index (χ1) is 16.5. The van der Waals surface area contributed by atoms with Crippen LogP contribution in [0.3, 0.4) is 0 Å². The molecule has 4 rings (SSSR count). The second-order valence-electron chi connectivity index (χ2n) is 6.95. The summed E-state index contributed by atoms with van der Waals surface area (Å²) in [5.74, 6) is 0.628. The lowest BCUT2D eigenvalue weighted by Crippen LogP contribution is -2.20. The summed E-state index contributed by atoms with van der Waals surface area (Å²) in [4.78, 5) is 12.3. The minimum atomic E-state index is -0.434. The van der Waals surface area contributed by atoms with Gasteiger partial charge in [-0.2, -0.15) is 5.10 Å². The third-order valence-corrected chi connectivity index (χ3v) is 6.10. The predicted octanol–water partition coefficient (Wildman–Crippen LogP) is 5.09. The number of halogens is 2. The Balaban J connectivity index is 1.51. The Hall–Kier alpha value is -3.50. The number of nitrogens with zero attached hydrogens (tertiary/aromatic N) is 4. The first-order valence-corrected chi connectivity index (χ1v) is 11.9. The fourth-order valence-electron chi connectivity index (χ4n) is 3.05. The summed E-state index contributed by atoms with van der Waals surface area (Å²) >= 11 is 4.50. The molecule has 10 heteroatoms. The van der Waals surface area contributed by atoms with Gasteiger partial charge in [-0.15, -0.1) is 10.2 Å². The number of rotatable bonds is 8. The van der Waals surface area contributed by atoms with Crippen molar-refractivity contribution in [3.63, 3.8) is 0 Å². The standard InChI is InChI=1S/C24H19BrFN5O2S/c1-33-20-10-8-19(9-11-20)31-23(16-5-3-2-4-6-16)29-30-24(31)34-15-22(32)28-27-14-17-13-18(25)7-12-21(17)26/h2-14H,15H2,1H3,(H,28,32). The number of carbonyl (C=O) groups is 1. The Morgan fingerprint density at radius 1 is 1.15 bits per heavy atom.